The molecule has 0 saturated carbocycles. The molecule has 4 rings (SSSR count). The Morgan fingerprint density at radius 3 is 3.08 bits per heavy atom. The van der Waals surface area contributed by atoms with E-state index in [1.807, 2.05) is 18.2 Å². The van der Waals surface area contributed by atoms with Crippen LogP contribution in [0.3, 0.4) is 0 Å². The van der Waals surface area contributed by atoms with Gasteiger partial charge in [-0.1, -0.05) is 47.2 Å². The molecule has 0 spiro atoms. The van der Waals surface area contributed by atoms with Crippen molar-refractivity contribution in [2.45, 2.75) is 25.4 Å². The van der Waals surface area contributed by atoms with Crippen LogP contribution in [0.4, 0.5) is 5.82 Å². The van der Waals surface area contributed by atoms with Crippen molar-refractivity contribution in [1.82, 2.24) is 15.3 Å². The van der Waals surface area contributed by atoms with E-state index in [0.29, 0.717) is 22.6 Å². The van der Waals surface area contributed by atoms with Crippen LogP contribution in [0.15, 0.2) is 30.6 Å². The highest BCUT2D eigenvalue weighted by Gasteiger charge is 2.12. The first kappa shape index (κ1) is 17.6. The first-order valence-electron chi connectivity index (χ1n) is 8.37. The number of halogens is 2. The molecule has 3 heterocycles. The van der Waals surface area contributed by atoms with Gasteiger partial charge in [0.2, 0.25) is 0 Å². The number of hydrogen-bond acceptors (Lipinski definition) is 5. The standard InChI is InChI=1S/C19H16Cl2N4S/c20-15-5-1-3-12(17(15)21)10-23-19-18-16(24-11-25-19)9-14(26-18)7-6-13-4-2-8-22-13/h1,3,5,9,11,13,22H,2,4,8,10H2,(H,23,24,25). The lowest BCUT2D eigenvalue weighted by Crippen LogP contribution is -2.18. The van der Waals surface area contributed by atoms with Crippen molar-refractivity contribution in [2.24, 2.45) is 0 Å². The molecular weight excluding hydrogens is 387 g/mol. The molecule has 1 aliphatic heterocycles. The summed E-state index contributed by atoms with van der Waals surface area (Å²) in [7, 11) is 0. The fourth-order valence-electron chi connectivity index (χ4n) is 2.87. The Kier molecular flexibility index (Phi) is 5.28. The Morgan fingerprint density at radius 2 is 2.23 bits per heavy atom. The Bertz CT molecular complexity index is 1000. The highest BCUT2D eigenvalue weighted by atomic mass is 35.5. The summed E-state index contributed by atoms with van der Waals surface area (Å²) in [5.41, 5.74) is 1.82. The van der Waals surface area contributed by atoms with Crippen LogP contribution in [0.25, 0.3) is 10.2 Å². The third-order valence-corrected chi connectivity index (χ3v) is 6.12. The lowest BCUT2D eigenvalue weighted by molar-refractivity contribution is 0.749. The molecule has 1 atom stereocenters. The number of thiophene rings is 1. The largest absolute Gasteiger partial charge is 0.365 e. The molecule has 0 amide bonds. The summed E-state index contributed by atoms with van der Waals surface area (Å²) >= 11 is 13.9. The van der Waals surface area contributed by atoms with E-state index in [1.54, 1.807) is 23.7 Å². The summed E-state index contributed by atoms with van der Waals surface area (Å²) in [5, 5.41) is 7.84. The molecular formula is C19H16Cl2N4S. The van der Waals surface area contributed by atoms with Crippen LogP contribution >= 0.6 is 34.5 Å². The van der Waals surface area contributed by atoms with Gasteiger partial charge in [-0.3, -0.25) is 0 Å². The van der Waals surface area contributed by atoms with Crippen molar-refractivity contribution in [3.63, 3.8) is 0 Å². The molecule has 0 radical (unpaired) electrons. The van der Waals surface area contributed by atoms with E-state index in [2.05, 4.69) is 32.4 Å². The predicted molar refractivity (Wildman–Crippen MR) is 109 cm³/mol. The first-order chi connectivity index (χ1) is 12.7. The van der Waals surface area contributed by atoms with Gasteiger partial charge in [0.25, 0.3) is 0 Å². The minimum Gasteiger partial charge on any atom is -0.365 e. The maximum atomic E-state index is 6.26. The number of aromatic nitrogens is 2. The lowest BCUT2D eigenvalue weighted by Gasteiger charge is -2.08. The summed E-state index contributed by atoms with van der Waals surface area (Å²) in [6.07, 6.45) is 3.87. The number of fused-ring (bicyclic) bond motifs is 1. The molecule has 1 aromatic carbocycles. The van der Waals surface area contributed by atoms with E-state index in [4.69, 9.17) is 23.2 Å². The number of hydrogen-bond donors (Lipinski definition) is 2. The Labute approximate surface area is 166 Å². The maximum Gasteiger partial charge on any atom is 0.147 e. The zero-order valence-corrected chi connectivity index (χ0v) is 16.2. The third-order valence-electron chi connectivity index (χ3n) is 4.22. The monoisotopic (exact) mass is 402 g/mol. The molecule has 0 aliphatic carbocycles. The summed E-state index contributed by atoms with van der Waals surface area (Å²) < 4.78 is 0.995. The second kappa shape index (κ2) is 7.81. The van der Waals surface area contributed by atoms with Crippen molar-refractivity contribution in [3.8, 4) is 11.8 Å². The van der Waals surface area contributed by atoms with Crippen LogP contribution in [0.1, 0.15) is 23.3 Å². The summed E-state index contributed by atoms with van der Waals surface area (Å²) in [5.74, 6) is 7.34. The van der Waals surface area contributed by atoms with Crippen molar-refractivity contribution in [1.29, 1.82) is 0 Å². The zero-order valence-electron chi connectivity index (χ0n) is 13.9. The highest BCUT2D eigenvalue weighted by molar-refractivity contribution is 7.20. The average molecular weight is 403 g/mol. The van der Waals surface area contributed by atoms with Crippen molar-refractivity contribution in [2.75, 3.05) is 11.9 Å². The van der Waals surface area contributed by atoms with Crippen LogP contribution in [0.2, 0.25) is 10.0 Å². The number of anilines is 1. The number of benzene rings is 1. The van der Waals surface area contributed by atoms with Gasteiger partial charge in [0.1, 0.15) is 12.1 Å². The minimum absolute atomic E-state index is 0.300. The third kappa shape index (κ3) is 3.79. The van der Waals surface area contributed by atoms with E-state index in [1.165, 1.54) is 6.42 Å². The van der Waals surface area contributed by atoms with Crippen molar-refractivity contribution >= 4 is 50.6 Å². The van der Waals surface area contributed by atoms with Crippen LogP contribution in [-0.2, 0) is 6.54 Å². The Hall–Kier alpha value is -1.84. The summed E-state index contributed by atoms with van der Waals surface area (Å²) in [6.45, 7) is 1.59. The van der Waals surface area contributed by atoms with Crippen LogP contribution in [-0.4, -0.2) is 22.6 Å². The van der Waals surface area contributed by atoms with Gasteiger partial charge in [0.05, 0.1) is 31.2 Å². The predicted octanol–water partition coefficient (Wildman–Crippen LogP) is 4.71. The van der Waals surface area contributed by atoms with Gasteiger partial charge in [-0.25, -0.2) is 9.97 Å². The fraction of sp³-hybridized carbons (Fsp3) is 0.263. The molecule has 1 fully saturated rings. The van der Waals surface area contributed by atoms with E-state index >= 15 is 0 Å². The molecule has 1 unspecified atom stereocenters. The second-order valence-electron chi connectivity index (χ2n) is 6.03. The number of nitrogens with zero attached hydrogens (tertiary/aromatic N) is 2. The molecule has 7 heteroatoms. The van der Waals surface area contributed by atoms with Crippen LogP contribution < -0.4 is 10.6 Å². The average Bonchev–Trinajstić information content (AvgIpc) is 3.30. The van der Waals surface area contributed by atoms with Gasteiger partial charge in [0, 0.05) is 6.54 Å². The van der Waals surface area contributed by atoms with E-state index in [0.717, 1.165) is 39.4 Å². The molecule has 2 aromatic heterocycles. The van der Waals surface area contributed by atoms with Gasteiger partial charge in [-0.05, 0) is 37.1 Å². The SMILES string of the molecule is Clc1cccc(CNc2ncnc3cc(C#CC4CCCN4)sc23)c1Cl. The van der Waals surface area contributed by atoms with Gasteiger partial charge < -0.3 is 10.6 Å². The highest BCUT2D eigenvalue weighted by Crippen LogP contribution is 2.30. The van der Waals surface area contributed by atoms with Crippen molar-refractivity contribution in [3.05, 3.63) is 51.1 Å². The summed E-state index contributed by atoms with van der Waals surface area (Å²) in [4.78, 5) is 9.73. The lowest BCUT2D eigenvalue weighted by atomic mass is 10.2. The van der Waals surface area contributed by atoms with E-state index < -0.39 is 0 Å². The number of nitrogens with one attached hydrogen (secondary N) is 2. The fourth-order valence-corrected chi connectivity index (χ4v) is 4.20. The van der Waals surface area contributed by atoms with Crippen molar-refractivity contribution < 1.29 is 0 Å². The van der Waals surface area contributed by atoms with Gasteiger partial charge in [-0.15, -0.1) is 11.3 Å². The van der Waals surface area contributed by atoms with E-state index in [-0.39, 0.29) is 0 Å². The van der Waals surface area contributed by atoms with Crippen LogP contribution in [0, 0.1) is 11.8 Å². The quantitative estimate of drug-likeness (QED) is 0.622. The maximum absolute atomic E-state index is 6.26. The molecule has 26 heavy (non-hydrogen) atoms. The normalized spacial score (nSPS) is 16.5. The molecule has 4 nitrogen and oxygen atoms in total. The molecule has 0 bridgehead atoms. The summed E-state index contributed by atoms with van der Waals surface area (Å²) in [6, 6.07) is 7.92. The molecule has 1 saturated heterocycles. The number of rotatable bonds is 3. The molecule has 132 valence electrons. The zero-order chi connectivity index (χ0) is 17.9. The molecule has 3 aromatic rings. The first-order valence-corrected chi connectivity index (χ1v) is 9.94. The van der Waals surface area contributed by atoms with Crippen LogP contribution in [0.5, 0.6) is 0 Å². The molecule has 1 aliphatic rings. The van der Waals surface area contributed by atoms with Gasteiger partial charge in [-0.2, -0.15) is 0 Å². The second-order valence-corrected chi connectivity index (χ2v) is 7.87. The van der Waals surface area contributed by atoms with Gasteiger partial charge in [0.15, 0.2) is 0 Å². The minimum atomic E-state index is 0.300. The Balaban J connectivity index is 1.56. The molecule has 2 N–H and O–H groups in total. The van der Waals surface area contributed by atoms with E-state index in [9.17, 15) is 0 Å². The smallest absolute Gasteiger partial charge is 0.147 e. The Morgan fingerprint density at radius 1 is 1.31 bits per heavy atom. The topological polar surface area (TPSA) is 49.8 Å². The van der Waals surface area contributed by atoms with Gasteiger partial charge >= 0.3 is 0 Å².